The molecule has 0 aliphatic heterocycles. The number of carbonyl (C=O) groups is 1. The van der Waals surface area contributed by atoms with Gasteiger partial charge in [0.05, 0.1) is 10.6 Å². The lowest BCUT2D eigenvalue weighted by Crippen LogP contribution is -2.10. The monoisotopic (exact) mass is 373 g/mol. The summed E-state index contributed by atoms with van der Waals surface area (Å²) in [5.74, 6) is -0.180. The van der Waals surface area contributed by atoms with Gasteiger partial charge in [-0.1, -0.05) is 46.5 Å². The van der Waals surface area contributed by atoms with Gasteiger partial charge >= 0.3 is 6.01 Å². The van der Waals surface area contributed by atoms with Gasteiger partial charge in [-0.25, -0.2) is 0 Å². The molecule has 1 amide bonds. The van der Waals surface area contributed by atoms with E-state index in [2.05, 4.69) is 15.5 Å². The van der Waals surface area contributed by atoms with Crippen LogP contribution in [0.3, 0.4) is 0 Å². The fourth-order valence-electron chi connectivity index (χ4n) is 2.30. The number of halogens is 2. The standard InChI is InChI=1S/C17H9Cl2N3O3/c18-10-5-6-11(12(19)8-10)16-21-22-17(25-16)20-15(23)14-7-9-3-1-2-4-13(9)24-14/h1-8H,(H,20,22,23). The summed E-state index contributed by atoms with van der Waals surface area (Å²) in [4.78, 5) is 12.3. The molecular formula is C17H9Cl2N3O3. The van der Waals surface area contributed by atoms with Crippen molar-refractivity contribution in [3.8, 4) is 11.5 Å². The second kappa shape index (κ2) is 6.23. The zero-order chi connectivity index (χ0) is 17.4. The molecule has 8 heteroatoms. The number of para-hydroxylation sites is 1. The van der Waals surface area contributed by atoms with Crippen molar-refractivity contribution < 1.29 is 13.6 Å². The molecule has 0 atom stereocenters. The van der Waals surface area contributed by atoms with Gasteiger partial charge in [0, 0.05) is 10.4 Å². The predicted molar refractivity (Wildman–Crippen MR) is 93.9 cm³/mol. The van der Waals surface area contributed by atoms with E-state index in [0.717, 1.165) is 5.39 Å². The number of rotatable bonds is 3. The molecule has 0 radical (unpaired) electrons. The first-order chi connectivity index (χ1) is 12.1. The third-order valence-corrected chi connectivity index (χ3v) is 4.00. The fourth-order valence-corrected chi connectivity index (χ4v) is 2.79. The molecule has 2 aromatic heterocycles. The maximum Gasteiger partial charge on any atom is 0.322 e. The van der Waals surface area contributed by atoms with Crippen LogP contribution in [-0.4, -0.2) is 16.1 Å². The molecule has 6 nitrogen and oxygen atoms in total. The number of carbonyl (C=O) groups excluding carboxylic acids is 1. The number of aromatic nitrogens is 2. The van der Waals surface area contributed by atoms with Gasteiger partial charge in [0.1, 0.15) is 5.58 Å². The van der Waals surface area contributed by atoms with Crippen molar-refractivity contribution in [2.24, 2.45) is 0 Å². The van der Waals surface area contributed by atoms with Crippen molar-refractivity contribution in [1.29, 1.82) is 0 Å². The minimum absolute atomic E-state index is 0.0635. The van der Waals surface area contributed by atoms with Crippen molar-refractivity contribution in [3.63, 3.8) is 0 Å². The molecule has 25 heavy (non-hydrogen) atoms. The molecule has 0 saturated carbocycles. The molecule has 0 unspecified atom stereocenters. The van der Waals surface area contributed by atoms with Gasteiger partial charge in [0.15, 0.2) is 5.76 Å². The highest BCUT2D eigenvalue weighted by Crippen LogP contribution is 2.30. The third kappa shape index (κ3) is 3.09. The highest BCUT2D eigenvalue weighted by molar-refractivity contribution is 6.36. The zero-order valence-corrected chi connectivity index (χ0v) is 14.0. The van der Waals surface area contributed by atoms with E-state index in [-0.39, 0.29) is 17.7 Å². The molecule has 0 fully saturated rings. The second-order valence-corrected chi connectivity index (χ2v) is 5.98. The minimum Gasteiger partial charge on any atom is -0.451 e. The Labute approximate surface area is 151 Å². The molecule has 0 saturated heterocycles. The van der Waals surface area contributed by atoms with Gasteiger partial charge in [-0.05, 0) is 30.3 Å². The molecule has 0 spiro atoms. The van der Waals surface area contributed by atoms with E-state index >= 15 is 0 Å². The molecule has 124 valence electrons. The summed E-state index contributed by atoms with van der Waals surface area (Å²) in [5.41, 5.74) is 1.13. The van der Waals surface area contributed by atoms with E-state index in [1.165, 1.54) is 0 Å². The summed E-state index contributed by atoms with van der Waals surface area (Å²) < 4.78 is 10.9. The third-order valence-electron chi connectivity index (χ3n) is 3.46. The molecule has 0 aliphatic rings. The number of hydrogen-bond acceptors (Lipinski definition) is 5. The van der Waals surface area contributed by atoms with Gasteiger partial charge in [-0.2, -0.15) is 0 Å². The van der Waals surface area contributed by atoms with Crippen molar-refractivity contribution in [2.75, 3.05) is 5.32 Å². The summed E-state index contributed by atoms with van der Waals surface area (Å²) in [6.45, 7) is 0. The second-order valence-electron chi connectivity index (χ2n) is 5.14. The average molecular weight is 374 g/mol. The molecule has 2 heterocycles. The van der Waals surface area contributed by atoms with Crippen LogP contribution in [0.4, 0.5) is 6.01 Å². The smallest absolute Gasteiger partial charge is 0.322 e. The number of anilines is 1. The lowest BCUT2D eigenvalue weighted by molar-refractivity contribution is 0.0996. The zero-order valence-electron chi connectivity index (χ0n) is 12.5. The van der Waals surface area contributed by atoms with Crippen LogP contribution in [0.25, 0.3) is 22.4 Å². The SMILES string of the molecule is O=C(Nc1nnc(-c2ccc(Cl)cc2Cl)o1)c1cc2ccccc2o1. The number of hydrogen-bond donors (Lipinski definition) is 1. The average Bonchev–Trinajstić information content (AvgIpc) is 3.21. The highest BCUT2D eigenvalue weighted by Gasteiger charge is 2.17. The summed E-state index contributed by atoms with van der Waals surface area (Å²) in [7, 11) is 0. The van der Waals surface area contributed by atoms with Gasteiger partial charge in [-0.3, -0.25) is 10.1 Å². The Kier molecular flexibility index (Phi) is 3.91. The predicted octanol–water partition coefficient (Wildman–Crippen LogP) is 5.04. The lowest BCUT2D eigenvalue weighted by atomic mass is 10.2. The van der Waals surface area contributed by atoms with Crippen LogP contribution in [-0.2, 0) is 0 Å². The van der Waals surface area contributed by atoms with Crippen molar-refractivity contribution in [1.82, 2.24) is 10.2 Å². The van der Waals surface area contributed by atoms with Crippen molar-refractivity contribution in [2.45, 2.75) is 0 Å². The topological polar surface area (TPSA) is 81.2 Å². The Morgan fingerprint density at radius 3 is 2.64 bits per heavy atom. The Balaban J connectivity index is 1.57. The van der Waals surface area contributed by atoms with E-state index in [1.54, 1.807) is 30.3 Å². The Hall–Kier alpha value is -2.83. The van der Waals surface area contributed by atoms with Gasteiger partial charge in [-0.15, -0.1) is 5.10 Å². The Bertz CT molecular complexity index is 1050. The van der Waals surface area contributed by atoms with Crippen LogP contribution < -0.4 is 5.32 Å². The van der Waals surface area contributed by atoms with Gasteiger partial charge in [0.25, 0.3) is 11.8 Å². The normalized spacial score (nSPS) is 11.0. The molecular weight excluding hydrogens is 365 g/mol. The van der Waals surface area contributed by atoms with Crippen LogP contribution in [0.1, 0.15) is 10.6 Å². The van der Waals surface area contributed by atoms with Crippen LogP contribution in [0, 0.1) is 0 Å². The first-order valence-corrected chi connectivity index (χ1v) is 7.94. The van der Waals surface area contributed by atoms with Crippen LogP contribution in [0.5, 0.6) is 0 Å². The summed E-state index contributed by atoms with van der Waals surface area (Å²) in [6, 6.07) is 13.8. The summed E-state index contributed by atoms with van der Waals surface area (Å²) in [6.07, 6.45) is 0. The molecule has 4 rings (SSSR count). The quantitative estimate of drug-likeness (QED) is 0.543. The van der Waals surface area contributed by atoms with Crippen molar-refractivity contribution >= 4 is 46.1 Å². The van der Waals surface area contributed by atoms with E-state index < -0.39 is 5.91 Å². The van der Waals surface area contributed by atoms with Crippen LogP contribution in [0.2, 0.25) is 10.0 Å². The molecule has 0 aliphatic carbocycles. The first kappa shape index (κ1) is 15.7. The molecule has 2 aromatic carbocycles. The Morgan fingerprint density at radius 1 is 1.00 bits per heavy atom. The van der Waals surface area contributed by atoms with E-state index in [1.807, 2.05) is 18.2 Å². The van der Waals surface area contributed by atoms with E-state index in [0.29, 0.717) is 21.2 Å². The van der Waals surface area contributed by atoms with Crippen LogP contribution >= 0.6 is 23.2 Å². The largest absolute Gasteiger partial charge is 0.451 e. The summed E-state index contributed by atoms with van der Waals surface area (Å²) >= 11 is 12.0. The maximum absolute atomic E-state index is 12.3. The van der Waals surface area contributed by atoms with E-state index in [4.69, 9.17) is 32.0 Å². The number of nitrogens with one attached hydrogen (secondary N) is 1. The van der Waals surface area contributed by atoms with E-state index in [9.17, 15) is 4.79 Å². The number of amides is 1. The minimum atomic E-state index is -0.492. The van der Waals surface area contributed by atoms with Gasteiger partial charge < -0.3 is 8.83 Å². The highest BCUT2D eigenvalue weighted by atomic mass is 35.5. The summed E-state index contributed by atoms with van der Waals surface area (Å²) in [5, 5.41) is 11.9. The maximum atomic E-state index is 12.3. The molecule has 0 bridgehead atoms. The van der Waals surface area contributed by atoms with Crippen molar-refractivity contribution in [3.05, 3.63) is 64.3 Å². The number of nitrogens with zero attached hydrogens (tertiary/aromatic N) is 2. The van der Waals surface area contributed by atoms with Gasteiger partial charge in [0.2, 0.25) is 0 Å². The number of furan rings is 1. The molecule has 1 N–H and O–H groups in total. The Morgan fingerprint density at radius 2 is 1.84 bits per heavy atom. The number of fused-ring (bicyclic) bond motifs is 1. The lowest BCUT2D eigenvalue weighted by Gasteiger charge is -1.99. The fraction of sp³-hybridized carbons (Fsp3) is 0. The number of benzene rings is 2. The van der Waals surface area contributed by atoms with Crippen LogP contribution in [0.15, 0.2) is 57.4 Å². The first-order valence-electron chi connectivity index (χ1n) is 7.19. The molecule has 4 aromatic rings.